The Morgan fingerprint density at radius 2 is 2.11 bits per heavy atom. The van der Waals surface area contributed by atoms with Gasteiger partial charge in [-0.1, -0.05) is 32.4 Å². The number of nitrogens with two attached hydrogens (primary N) is 1. The summed E-state index contributed by atoms with van der Waals surface area (Å²) in [7, 11) is 0. The maximum Gasteiger partial charge on any atom is 0.241 e. The number of nitrogens with one attached hydrogen (secondary N) is 1. The van der Waals surface area contributed by atoms with E-state index in [1.807, 2.05) is 26.8 Å². The number of carbonyl (C=O) groups excluding carboxylic acids is 1. The van der Waals surface area contributed by atoms with Crippen LogP contribution in [0.4, 0.5) is 5.69 Å². The maximum atomic E-state index is 11.9. The molecule has 0 saturated carbocycles. The second-order valence-corrected chi connectivity index (χ2v) is 5.55. The van der Waals surface area contributed by atoms with Crippen LogP contribution in [-0.2, 0) is 4.79 Å². The highest BCUT2D eigenvalue weighted by molar-refractivity contribution is 6.32. The van der Waals surface area contributed by atoms with Gasteiger partial charge in [0.15, 0.2) is 0 Å². The Morgan fingerprint density at radius 3 is 2.56 bits per heavy atom. The molecule has 1 aromatic carbocycles. The van der Waals surface area contributed by atoms with Gasteiger partial charge < -0.3 is 11.1 Å². The molecule has 0 aliphatic heterocycles. The van der Waals surface area contributed by atoms with Gasteiger partial charge >= 0.3 is 0 Å². The van der Waals surface area contributed by atoms with E-state index in [-0.39, 0.29) is 11.3 Å². The molecular weight excluding hydrogens is 250 g/mol. The van der Waals surface area contributed by atoms with Gasteiger partial charge in [0.25, 0.3) is 0 Å². The normalized spacial score (nSPS) is 12.7. The van der Waals surface area contributed by atoms with Crippen LogP contribution in [0, 0.1) is 16.7 Å². The summed E-state index contributed by atoms with van der Waals surface area (Å²) >= 11 is 5.88. The summed E-state index contributed by atoms with van der Waals surface area (Å²) in [5, 5.41) is 11.7. The Balaban J connectivity index is 2.84. The van der Waals surface area contributed by atoms with Crippen molar-refractivity contribution in [3.05, 3.63) is 28.8 Å². The topological polar surface area (TPSA) is 78.9 Å². The Morgan fingerprint density at radius 1 is 1.50 bits per heavy atom. The number of rotatable bonds is 2. The van der Waals surface area contributed by atoms with E-state index in [4.69, 9.17) is 22.6 Å². The van der Waals surface area contributed by atoms with E-state index in [2.05, 4.69) is 5.32 Å². The van der Waals surface area contributed by atoms with Gasteiger partial charge in [-0.2, -0.15) is 5.26 Å². The zero-order valence-electron chi connectivity index (χ0n) is 10.6. The molecule has 0 aliphatic rings. The molecule has 1 atom stereocenters. The average molecular weight is 266 g/mol. The third kappa shape index (κ3) is 3.46. The van der Waals surface area contributed by atoms with E-state index in [9.17, 15) is 4.79 Å². The molecule has 0 heterocycles. The van der Waals surface area contributed by atoms with Gasteiger partial charge in [0.1, 0.15) is 6.07 Å². The van der Waals surface area contributed by atoms with E-state index >= 15 is 0 Å². The third-order valence-electron chi connectivity index (χ3n) is 2.57. The summed E-state index contributed by atoms with van der Waals surface area (Å²) in [6.45, 7) is 5.68. The van der Waals surface area contributed by atoms with Crippen molar-refractivity contribution in [1.29, 1.82) is 5.26 Å². The van der Waals surface area contributed by atoms with Gasteiger partial charge in [0.05, 0.1) is 16.6 Å². The highest BCUT2D eigenvalue weighted by Gasteiger charge is 2.27. The van der Waals surface area contributed by atoms with Gasteiger partial charge in [-0.05, 0) is 23.6 Å². The second-order valence-electron chi connectivity index (χ2n) is 5.14. The van der Waals surface area contributed by atoms with E-state index in [1.54, 1.807) is 12.1 Å². The Bertz CT molecular complexity index is 500. The monoisotopic (exact) mass is 265 g/mol. The molecule has 0 aliphatic carbocycles. The lowest BCUT2D eigenvalue weighted by atomic mass is 9.87. The smallest absolute Gasteiger partial charge is 0.241 e. The van der Waals surface area contributed by atoms with Crippen molar-refractivity contribution in [2.45, 2.75) is 26.8 Å². The van der Waals surface area contributed by atoms with E-state index in [0.29, 0.717) is 16.3 Å². The SMILES string of the molecule is CC(C)(C)[C@H](N)C(=O)Nc1ccc(C#N)c(Cl)c1. The summed E-state index contributed by atoms with van der Waals surface area (Å²) in [5.74, 6) is -0.275. The van der Waals surface area contributed by atoms with Crippen LogP contribution in [0.3, 0.4) is 0 Å². The van der Waals surface area contributed by atoms with Gasteiger partial charge in [-0.25, -0.2) is 0 Å². The Labute approximate surface area is 112 Å². The minimum absolute atomic E-state index is 0.275. The molecule has 1 rings (SSSR count). The fourth-order valence-corrected chi connectivity index (χ4v) is 1.52. The number of hydrogen-bond donors (Lipinski definition) is 2. The first-order valence-corrected chi connectivity index (χ1v) is 5.89. The minimum Gasteiger partial charge on any atom is -0.325 e. The van der Waals surface area contributed by atoms with Gasteiger partial charge in [-0.15, -0.1) is 0 Å². The molecule has 5 heteroatoms. The minimum atomic E-state index is -0.619. The van der Waals surface area contributed by atoms with Crippen molar-refractivity contribution < 1.29 is 4.79 Å². The summed E-state index contributed by atoms with van der Waals surface area (Å²) in [5.41, 5.74) is 6.42. The van der Waals surface area contributed by atoms with Crippen molar-refractivity contribution in [1.82, 2.24) is 0 Å². The zero-order valence-corrected chi connectivity index (χ0v) is 11.4. The van der Waals surface area contributed by atoms with Crippen molar-refractivity contribution in [3.63, 3.8) is 0 Å². The molecule has 0 fully saturated rings. The molecule has 3 N–H and O–H groups in total. The lowest BCUT2D eigenvalue weighted by Gasteiger charge is -2.25. The van der Waals surface area contributed by atoms with Crippen LogP contribution in [0.25, 0.3) is 0 Å². The van der Waals surface area contributed by atoms with Gasteiger partial charge in [0, 0.05) is 5.69 Å². The van der Waals surface area contributed by atoms with Crippen molar-refractivity contribution in [2.24, 2.45) is 11.1 Å². The molecule has 0 unspecified atom stereocenters. The Kier molecular flexibility index (Phi) is 4.33. The molecule has 0 saturated heterocycles. The van der Waals surface area contributed by atoms with Crippen LogP contribution in [0.15, 0.2) is 18.2 Å². The first kappa shape index (κ1) is 14.5. The van der Waals surface area contributed by atoms with Crippen LogP contribution in [0.2, 0.25) is 5.02 Å². The van der Waals surface area contributed by atoms with Crippen LogP contribution in [0.1, 0.15) is 26.3 Å². The average Bonchev–Trinajstić information content (AvgIpc) is 2.27. The number of amides is 1. The lowest BCUT2D eigenvalue weighted by Crippen LogP contribution is -2.45. The van der Waals surface area contributed by atoms with Crippen molar-refractivity contribution in [3.8, 4) is 6.07 Å². The number of benzene rings is 1. The quantitative estimate of drug-likeness (QED) is 0.862. The number of nitriles is 1. The van der Waals surface area contributed by atoms with Gasteiger partial charge in [-0.3, -0.25) is 4.79 Å². The van der Waals surface area contributed by atoms with E-state index in [1.165, 1.54) is 6.07 Å². The van der Waals surface area contributed by atoms with E-state index < -0.39 is 6.04 Å². The lowest BCUT2D eigenvalue weighted by molar-refractivity contribution is -0.119. The second kappa shape index (κ2) is 5.38. The first-order chi connectivity index (χ1) is 8.25. The number of hydrogen-bond acceptors (Lipinski definition) is 3. The zero-order chi connectivity index (χ0) is 13.9. The molecule has 96 valence electrons. The summed E-state index contributed by atoms with van der Waals surface area (Å²) in [4.78, 5) is 11.9. The highest BCUT2D eigenvalue weighted by atomic mass is 35.5. The number of nitrogens with zero attached hydrogens (tertiary/aromatic N) is 1. The standard InChI is InChI=1S/C13H16ClN3O/c1-13(2,3)11(16)12(18)17-9-5-4-8(7-15)10(14)6-9/h4-6,11H,16H2,1-3H3,(H,17,18)/t11-/m1/s1. The van der Waals surface area contributed by atoms with Crippen LogP contribution < -0.4 is 11.1 Å². The predicted octanol–water partition coefficient (Wildman–Crippen LogP) is 2.52. The third-order valence-corrected chi connectivity index (χ3v) is 2.89. The van der Waals surface area contributed by atoms with Crippen LogP contribution in [-0.4, -0.2) is 11.9 Å². The number of halogens is 1. The molecular formula is C13H16ClN3O. The molecule has 0 aromatic heterocycles. The highest BCUT2D eigenvalue weighted by Crippen LogP contribution is 2.22. The fraction of sp³-hybridized carbons (Fsp3) is 0.385. The Hall–Kier alpha value is -1.57. The predicted molar refractivity (Wildman–Crippen MR) is 72.2 cm³/mol. The number of anilines is 1. The number of carbonyl (C=O) groups is 1. The summed E-state index contributed by atoms with van der Waals surface area (Å²) in [6.07, 6.45) is 0. The largest absolute Gasteiger partial charge is 0.325 e. The summed E-state index contributed by atoms with van der Waals surface area (Å²) in [6, 6.07) is 6.05. The maximum absolute atomic E-state index is 11.9. The summed E-state index contributed by atoms with van der Waals surface area (Å²) < 4.78 is 0. The van der Waals surface area contributed by atoms with Crippen molar-refractivity contribution in [2.75, 3.05) is 5.32 Å². The molecule has 0 radical (unpaired) electrons. The molecule has 0 spiro atoms. The molecule has 1 aromatic rings. The van der Waals surface area contributed by atoms with Crippen molar-refractivity contribution >= 4 is 23.2 Å². The van der Waals surface area contributed by atoms with Gasteiger partial charge in [0.2, 0.25) is 5.91 Å². The molecule has 1 amide bonds. The molecule has 4 nitrogen and oxygen atoms in total. The van der Waals surface area contributed by atoms with Crippen LogP contribution in [0.5, 0.6) is 0 Å². The van der Waals surface area contributed by atoms with Crippen LogP contribution >= 0.6 is 11.6 Å². The fourth-order valence-electron chi connectivity index (χ4n) is 1.30. The molecule has 0 bridgehead atoms. The first-order valence-electron chi connectivity index (χ1n) is 5.52. The van der Waals surface area contributed by atoms with E-state index in [0.717, 1.165) is 0 Å². The molecule has 18 heavy (non-hydrogen) atoms.